The average Bonchev–Trinajstić information content (AvgIpc) is 2.28. The van der Waals surface area contributed by atoms with Crippen molar-refractivity contribution in [2.75, 3.05) is 11.9 Å². The van der Waals surface area contributed by atoms with Crippen molar-refractivity contribution in [1.29, 1.82) is 0 Å². The van der Waals surface area contributed by atoms with Crippen LogP contribution in [0.15, 0.2) is 12.1 Å². The lowest BCUT2D eigenvalue weighted by atomic mass is 10.2. The molecule has 16 heavy (non-hydrogen) atoms. The second-order valence-corrected chi connectivity index (χ2v) is 3.78. The second-order valence-electron chi connectivity index (χ2n) is 3.78. The molecule has 1 aromatic heterocycles. The summed E-state index contributed by atoms with van der Waals surface area (Å²) in [6, 6.07) is 3.73. The van der Waals surface area contributed by atoms with Crippen LogP contribution in [0.1, 0.15) is 26.0 Å². The fraction of sp³-hybridized carbons (Fsp3) is 0.545. The lowest BCUT2D eigenvalue weighted by Crippen LogP contribution is -2.20. The first kappa shape index (κ1) is 12.4. The van der Waals surface area contributed by atoms with Crippen LogP contribution < -0.4 is 5.32 Å². The van der Waals surface area contributed by atoms with Crippen LogP contribution in [0.2, 0.25) is 0 Å². The molecule has 5 nitrogen and oxygen atoms in total. The third kappa shape index (κ3) is 3.84. The van der Waals surface area contributed by atoms with Crippen molar-refractivity contribution in [3.05, 3.63) is 17.8 Å². The number of carboxylic acids is 1. The van der Waals surface area contributed by atoms with E-state index in [0.29, 0.717) is 12.4 Å². The molecule has 0 fully saturated rings. The Hall–Kier alpha value is -1.65. The maximum atomic E-state index is 10.6. The van der Waals surface area contributed by atoms with Gasteiger partial charge in [0.1, 0.15) is 5.82 Å². The molecule has 1 aromatic rings. The molecule has 0 bridgehead atoms. The number of aliphatic carboxylic acids is 1. The molecule has 0 amide bonds. The standard InChI is InChI=1S/C11H17N3O2/c1-3-4-9-5-6-10(14-13-9)12-7-8(2)11(15)16/h5-6,8H,3-4,7H2,1-2H3,(H,12,14)(H,15,16). The van der Waals surface area contributed by atoms with Crippen LogP contribution in [-0.2, 0) is 11.2 Å². The van der Waals surface area contributed by atoms with Crippen molar-refractivity contribution >= 4 is 11.8 Å². The molecular formula is C11H17N3O2. The van der Waals surface area contributed by atoms with Crippen molar-refractivity contribution in [3.63, 3.8) is 0 Å². The maximum Gasteiger partial charge on any atom is 0.308 e. The van der Waals surface area contributed by atoms with Crippen LogP contribution in [0.4, 0.5) is 5.82 Å². The highest BCUT2D eigenvalue weighted by atomic mass is 16.4. The van der Waals surface area contributed by atoms with Crippen molar-refractivity contribution in [3.8, 4) is 0 Å². The molecule has 0 aromatic carbocycles. The summed E-state index contributed by atoms with van der Waals surface area (Å²) in [5.41, 5.74) is 0.958. The van der Waals surface area contributed by atoms with Gasteiger partial charge in [-0.05, 0) is 18.6 Å². The molecular weight excluding hydrogens is 206 g/mol. The van der Waals surface area contributed by atoms with E-state index < -0.39 is 11.9 Å². The lowest BCUT2D eigenvalue weighted by molar-refractivity contribution is -0.140. The Morgan fingerprint density at radius 2 is 2.25 bits per heavy atom. The number of carbonyl (C=O) groups is 1. The summed E-state index contributed by atoms with van der Waals surface area (Å²) in [7, 11) is 0. The normalized spacial score (nSPS) is 12.1. The van der Waals surface area contributed by atoms with Crippen LogP contribution in [0.5, 0.6) is 0 Å². The van der Waals surface area contributed by atoms with Gasteiger partial charge in [-0.25, -0.2) is 0 Å². The number of nitrogens with one attached hydrogen (secondary N) is 1. The van der Waals surface area contributed by atoms with Gasteiger partial charge < -0.3 is 10.4 Å². The Labute approximate surface area is 94.9 Å². The number of carboxylic acid groups (broad SMARTS) is 1. The molecule has 2 N–H and O–H groups in total. The average molecular weight is 223 g/mol. The Balaban J connectivity index is 2.46. The van der Waals surface area contributed by atoms with Gasteiger partial charge in [-0.15, -0.1) is 5.10 Å². The van der Waals surface area contributed by atoms with Gasteiger partial charge in [0.2, 0.25) is 0 Å². The first-order valence-corrected chi connectivity index (χ1v) is 5.42. The van der Waals surface area contributed by atoms with E-state index in [-0.39, 0.29) is 0 Å². The summed E-state index contributed by atoms with van der Waals surface area (Å²) in [6.07, 6.45) is 1.95. The third-order valence-electron chi connectivity index (χ3n) is 2.24. The fourth-order valence-electron chi connectivity index (χ4n) is 1.19. The molecule has 0 radical (unpaired) electrons. The smallest absolute Gasteiger partial charge is 0.308 e. The molecule has 0 spiro atoms. The summed E-state index contributed by atoms with van der Waals surface area (Å²) >= 11 is 0. The Kier molecular flexibility index (Phi) is 4.69. The largest absolute Gasteiger partial charge is 0.481 e. The van der Waals surface area contributed by atoms with E-state index in [4.69, 9.17) is 5.11 Å². The number of nitrogens with zero attached hydrogens (tertiary/aromatic N) is 2. The van der Waals surface area contributed by atoms with Crippen molar-refractivity contribution in [2.45, 2.75) is 26.7 Å². The summed E-state index contributed by atoms with van der Waals surface area (Å²) < 4.78 is 0. The van der Waals surface area contributed by atoms with Gasteiger partial charge in [0.15, 0.2) is 0 Å². The van der Waals surface area contributed by atoms with Crippen LogP contribution in [0, 0.1) is 5.92 Å². The first-order chi connectivity index (χ1) is 7.63. The Bertz CT molecular complexity index is 338. The molecule has 1 unspecified atom stereocenters. The molecule has 0 aliphatic carbocycles. The van der Waals surface area contributed by atoms with Crippen molar-refractivity contribution < 1.29 is 9.90 Å². The monoisotopic (exact) mass is 223 g/mol. The third-order valence-corrected chi connectivity index (χ3v) is 2.24. The first-order valence-electron chi connectivity index (χ1n) is 5.42. The van der Waals surface area contributed by atoms with Gasteiger partial charge in [-0.1, -0.05) is 20.3 Å². The summed E-state index contributed by atoms with van der Waals surface area (Å²) in [6.45, 7) is 4.09. The zero-order chi connectivity index (χ0) is 12.0. The molecule has 5 heteroatoms. The maximum absolute atomic E-state index is 10.6. The van der Waals surface area contributed by atoms with Crippen LogP contribution in [0.3, 0.4) is 0 Å². The van der Waals surface area contributed by atoms with E-state index in [9.17, 15) is 4.79 Å². The van der Waals surface area contributed by atoms with Crippen molar-refractivity contribution in [2.24, 2.45) is 5.92 Å². The van der Waals surface area contributed by atoms with E-state index in [0.717, 1.165) is 18.5 Å². The molecule has 0 aliphatic rings. The van der Waals surface area contributed by atoms with E-state index in [1.54, 1.807) is 6.92 Å². The lowest BCUT2D eigenvalue weighted by Gasteiger charge is -2.08. The van der Waals surface area contributed by atoms with E-state index >= 15 is 0 Å². The number of aromatic nitrogens is 2. The highest BCUT2D eigenvalue weighted by Crippen LogP contribution is 2.05. The highest BCUT2D eigenvalue weighted by Gasteiger charge is 2.10. The van der Waals surface area contributed by atoms with Gasteiger partial charge in [0.25, 0.3) is 0 Å². The zero-order valence-corrected chi connectivity index (χ0v) is 9.60. The van der Waals surface area contributed by atoms with Gasteiger partial charge >= 0.3 is 5.97 Å². The minimum atomic E-state index is -0.817. The van der Waals surface area contributed by atoms with Gasteiger partial charge in [-0.2, -0.15) is 5.10 Å². The quantitative estimate of drug-likeness (QED) is 0.765. The minimum absolute atomic E-state index is 0.358. The molecule has 0 saturated heterocycles. The topological polar surface area (TPSA) is 75.1 Å². The number of anilines is 1. The Morgan fingerprint density at radius 3 is 2.75 bits per heavy atom. The molecule has 1 rings (SSSR count). The SMILES string of the molecule is CCCc1ccc(NCC(C)C(=O)O)nn1. The minimum Gasteiger partial charge on any atom is -0.481 e. The predicted octanol–water partition coefficient (Wildman–Crippen LogP) is 1.56. The number of rotatable bonds is 6. The van der Waals surface area contributed by atoms with Crippen molar-refractivity contribution in [1.82, 2.24) is 10.2 Å². The van der Waals surface area contributed by atoms with Gasteiger partial charge in [0, 0.05) is 6.54 Å². The van der Waals surface area contributed by atoms with Crippen LogP contribution >= 0.6 is 0 Å². The van der Waals surface area contributed by atoms with Crippen LogP contribution in [0.25, 0.3) is 0 Å². The van der Waals surface area contributed by atoms with E-state index in [2.05, 4.69) is 22.4 Å². The molecule has 1 atom stereocenters. The van der Waals surface area contributed by atoms with E-state index in [1.807, 2.05) is 12.1 Å². The second kappa shape index (κ2) is 6.05. The number of aryl methyl sites for hydroxylation is 1. The summed E-state index contributed by atoms with van der Waals surface area (Å²) in [5, 5.41) is 19.6. The summed E-state index contributed by atoms with van der Waals surface area (Å²) in [4.78, 5) is 10.6. The molecule has 88 valence electrons. The van der Waals surface area contributed by atoms with Gasteiger partial charge in [-0.3, -0.25) is 4.79 Å². The molecule has 0 aliphatic heterocycles. The zero-order valence-electron chi connectivity index (χ0n) is 9.60. The predicted molar refractivity (Wildman–Crippen MR) is 61.3 cm³/mol. The molecule has 0 saturated carbocycles. The van der Waals surface area contributed by atoms with Crippen LogP contribution in [-0.4, -0.2) is 27.8 Å². The van der Waals surface area contributed by atoms with E-state index in [1.165, 1.54) is 0 Å². The highest BCUT2D eigenvalue weighted by molar-refractivity contribution is 5.70. The molecule has 1 heterocycles. The number of hydrogen-bond donors (Lipinski definition) is 2. The summed E-state index contributed by atoms with van der Waals surface area (Å²) in [5.74, 6) is -0.631. The van der Waals surface area contributed by atoms with Gasteiger partial charge in [0.05, 0.1) is 11.6 Å². The fourth-order valence-corrected chi connectivity index (χ4v) is 1.19. The number of hydrogen-bond acceptors (Lipinski definition) is 4. The Morgan fingerprint density at radius 1 is 1.50 bits per heavy atom.